The van der Waals surface area contributed by atoms with Crippen molar-refractivity contribution in [1.82, 2.24) is 4.98 Å². The van der Waals surface area contributed by atoms with Gasteiger partial charge in [-0.15, -0.1) is 0 Å². The van der Waals surface area contributed by atoms with Crippen LogP contribution in [0.15, 0.2) is 58.8 Å². The van der Waals surface area contributed by atoms with Crippen LogP contribution in [-0.2, 0) is 4.79 Å². The SMILES string of the molecule is CC(=N\Nc1cccc(F)n1)/C(=N/O)C(=O)Nc1ccccc1. The van der Waals surface area contributed by atoms with Gasteiger partial charge < -0.3 is 10.5 Å². The average molecular weight is 315 g/mol. The van der Waals surface area contributed by atoms with Crippen LogP contribution in [0.1, 0.15) is 6.92 Å². The first-order valence-electron chi connectivity index (χ1n) is 6.62. The molecule has 0 saturated carbocycles. The number of amides is 1. The first kappa shape index (κ1) is 16.1. The van der Waals surface area contributed by atoms with Gasteiger partial charge in [0.05, 0.1) is 5.71 Å². The quantitative estimate of drug-likeness (QED) is 0.341. The standard InChI is InChI=1S/C15H14FN5O2/c1-10(19-20-13-9-5-8-12(16)18-13)14(21-23)15(22)17-11-6-3-2-4-7-11/h2-9,23H,1H3,(H,17,22)(H,18,20)/b19-10+,21-14-. The molecule has 0 bridgehead atoms. The van der Waals surface area contributed by atoms with Gasteiger partial charge in [0.1, 0.15) is 5.82 Å². The first-order chi connectivity index (χ1) is 11.1. The Balaban J connectivity index is 2.07. The molecule has 1 heterocycles. The average Bonchev–Trinajstić information content (AvgIpc) is 2.54. The van der Waals surface area contributed by atoms with Crippen molar-refractivity contribution in [3.05, 3.63) is 54.5 Å². The molecule has 0 fully saturated rings. The van der Waals surface area contributed by atoms with E-state index < -0.39 is 11.9 Å². The van der Waals surface area contributed by atoms with Crippen molar-refractivity contribution in [3.8, 4) is 0 Å². The predicted octanol–water partition coefficient (Wildman–Crippen LogP) is 2.48. The monoisotopic (exact) mass is 315 g/mol. The molecule has 7 nitrogen and oxygen atoms in total. The van der Waals surface area contributed by atoms with Crippen molar-refractivity contribution < 1.29 is 14.4 Å². The molecule has 1 aromatic carbocycles. The third-order valence-electron chi connectivity index (χ3n) is 2.74. The van der Waals surface area contributed by atoms with Gasteiger partial charge in [-0.05, 0) is 31.2 Å². The molecule has 118 valence electrons. The highest BCUT2D eigenvalue weighted by Crippen LogP contribution is 2.06. The summed E-state index contributed by atoms with van der Waals surface area (Å²) in [5.41, 5.74) is 2.85. The second-order valence-electron chi connectivity index (χ2n) is 4.42. The molecule has 0 saturated heterocycles. The van der Waals surface area contributed by atoms with Gasteiger partial charge in [-0.25, -0.2) is 4.98 Å². The lowest BCUT2D eigenvalue weighted by molar-refractivity contribution is -0.110. The Hall–Kier alpha value is -3.29. The molecule has 0 radical (unpaired) electrons. The van der Waals surface area contributed by atoms with Gasteiger partial charge in [0.25, 0.3) is 5.91 Å². The number of hydrogen-bond donors (Lipinski definition) is 3. The third-order valence-corrected chi connectivity index (χ3v) is 2.74. The van der Waals surface area contributed by atoms with Crippen molar-refractivity contribution in [2.24, 2.45) is 10.3 Å². The zero-order valence-corrected chi connectivity index (χ0v) is 12.2. The van der Waals surface area contributed by atoms with Crippen molar-refractivity contribution in [2.75, 3.05) is 10.7 Å². The Morgan fingerprint density at radius 3 is 2.57 bits per heavy atom. The number of aromatic nitrogens is 1. The van der Waals surface area contributed by atoms with Crippen molar-refractivity contribution in [1.29, 1.82) is 0 Å². The van der Waals surface area contributed by atoms with Crippen LogP contribution in [0.3, 0.4) is 0 Å². The number of pyridine rings is 1. The number of para-hydroxylation sites is 1. The molecule has 0 aliphatic rings. The normalized spacial score (nSPS) is 11.9. The van der Waals surface area contributed by atoms with Gasteiger partial charge >= 0.3 is 0 Å². The van der Waals surface area contributed by atoms with E-state index in [9.17, 15) is 9.18 Å². The molecule has 8 heteroatoms. The first-order valence-corrected chi connectivity index (χ1v) is 6.62. The van der Waals surface area contributed by atoms with Crippen LogP contribution in [0.25, 0.3) is 0 Å². The summed E-state index contributed by atoms with van der Waals surface area (Å²) >= 11 is 0. The molecule has 0 spiro atoms. The van der Waals surface area contributed by atoms with Gasteiger partial charge in [0, 0.05) is 5.69 Å². The number of anilines is 2. The number of oxime groups is 1. The Kier molecular flexibility index (Phi) is 5.35. The largest absolute Gasteiger partial charge is 0.410 e. The molecule has 0 aliphatic heterocycles. The smallest absolute Gasteiger partial charge is 0.279 e. The van der Waals surface area contributed by atoms with E-state index in [2.05, 4.69) is 26.0 Å². The van der Waals surface area contributed by atoms with Gasteiger partial charge in [-0.2, -0.15) is 9.49 Å². The fourth-order valence-corrected chi connectivity index (χ4v) is 1.66. The molecule has 23 heavy (non-hydrogen) atoms. The fourth-order valence-electron chi connectivity index (χ4n) is 1.66. The summed E-state index contributed by atoms with van der Waals surface area (Å²) in [4.78, 5) is 15.6. The lowest BCUT2D eigenvalue weighted by atomic mass is 10.2. The number of benzene rings is 1. The van der Waals surface area contributed by atoms with Gasteiger partial charge in [-0.1, -0.05) is 29.4 Å². The number of carbonyl (C=O) groups is 1. The highest BCUT2D eigenvalue weighted by Gasteiger charge is 2.16. The summed E-state index contributed by atoms with van der Waals surface area (Å²) in [6.45, 7) is 1.46. The topological polar surface area (TPSA) is 99.0 Å². The second kappa shape index (κ2) is 7.64. The molecule has 0 atom stereocenters. The number of nitrogens with one attached hydrogen (secondary N) is 2. The van der Waals surface area contributed by atoms with E-state index in [0.29, 0.717) is 5.69 Å². The van der Waals surface area contributed by atoms with Crippen molar-refractivity contribution in [2.45, 2.75) is 6.92 Å². The number of rotatable bonds is 5. The van der Waals surface area contributed by atoms with E-state index in [4.69, 9.17) is 5.21 Å². The second-order valence-corrected chi connectivity index (χ2v) is 4.42. The number of hydrazone groups is 1. The minimum atomic E-state index is -0.666. The molecule has 3 N–H and O–H groups in total. The Bertz CT molecular complexity index is 747. The van der Waals surface area contributed by atoms with Crippen LogP contribution in [0.5, 0.6) is 0 Å². The van der Waals surface area contributed by atoms with Crippen LogP contribution in [0.4, 0.5) is 15.9 Å². The Labute approximate surface area is 131 Å². The van der Waals surface area contributed by atoms with E-state index in [0.717, 1.165) is 0 Å². The molecular weight excluding hydrogens is 301 g/mol. The van der Waals surface area contributed by atoms with E-state index in [-0.39, 0.29) is 17.2 Å². The van der Waals surface area contributed by atoms with E-state index in [1.807, 2.05) is 0 Å². The number of nitrogens with zero attached hydrogens (tertiary/aromatic N) is 3. The number of halogens is 1. The molecule has 1 aromatic heterocycles. The molecule has 2 rings (SSSR count). The summed E-state index contributed by atoms with van der Waals surface area (Å²) in [7, 11) is 0. The van der Waals surface area contributed by atoms with E-state index in [1.165, 1.54) is 25.1 Å². The summed E-state index contributed by atoms with van der Waals surface area (Å²) in [5, 5.41) is 18.4. The maximum atomic E-state index is 13.0. The summed E-state index contributed by atoms with van der Waals surface area (Å²) in [6, 6.07) is 12.8. The predicted molar refractivity (Wildman–Crippen MR) is 85.2 cm³/mol. The minimum Gasteiger partial charge on any atom is -0.410 e. The maximum absolute atomic E-state index is 13.0. The van der Waals surface area contributed by atoms with Crippen molar-refractivity contribution in [3.63, 3.8) is 0 Å². The number of hydrogen-bond acceptors (Lipinski definition) is 6. The maximum Gasteiger partial charge on any atom is 0.279 e. The lowest BCUT2D eigenvalue weighted by Crippen LogP contribution is -2.29. The Morgan fingerprint density at radius 2 is 1.91 bits per heavy atom. The lowest BCUT2D eigenvalue weighted by Gasteiger charge is -2.07. The zero-order chi connectivity index (χ0) is 16.7. The van der Waals surface area contributed by atoms with Crippen LogP contribution in [-0.4, -0.2) is 27.5 Å². The highest BCUT2D eigenvalue weighted by atomic mass is 19.1. The van der Waals surface area contributed by atoms with Crippen LogP contribution in [0.2, 0.25) is 0 Å². The van der Waals surface area contributed by atoms with Gasteiger partial charge in [0.2, 0.25) is 5.95 Å². The van der Waals surface area contributed by atoms with Crippen molar-refractivity contribution >= 4 is 28.8 Å². The number of carbonyl (C=O) groups excluding carboxylic acids is 1. The van der Waals surface area contributed by atoms with Crippen LogP contribution in [0, 0.1) is 5.95 Å². The zero-order valence-electron chi connectivity index (χ0n) is 12.2. The molecule has 1 amide bonds. The van der Waals surface area contributed by atoms with Crippen LogP contribution >= 0.6 is 0 Å². The molecule has 0 aliphatic carbocycles. The minimum absolute atomic E-state index is 0.104. The summed E-state index contributed by atoms with van der Waals surface area (Å²) in [5.74, 6) is -1.14. The van der Waals surface area contributed by atoms with Gasteiger partial charge in [0.15, 0.2) is 5.71 Å². The van der Waals surface area contributed by atoms with Crippen LogP contribution < -0.4 is 10.7 Å². The molecule has 2 aromatic rings. The Morgan fingerprint density at radius 1 is 1.17 bits per heavy atom. The third kappa shape index (κ3) is 4.60. The van der Waals surface area contributed by atoms with Gasteiger partial charge in [-0.3, -0.25) is 10.2 Å². The highest BCUT2D eigenvalue weighted by molar-refractivity contribution is 6.68. The van der Waals surface area contributed by atoms with E-state index >= 15 is 0 Å². The fraction of sp³-hybridized carbons (Fsp3) is 0.0667. The summed E-state index contributed by atoms with van der Waals surface area (Å²) in [6.07, 6.45) is 0. The molecular formula is C15H14FN5O2. The molecule has 0 unspecified atom stereocenters. The summed E-state index contributed by atoms with van der Waals surface area (Å²) < 4.78 is 13.0. The van der Waals surface area contributed by atoms with E-state index in [1.54, 1.807) is 30.3 Å².